The summed E-state index contributed by atoms with van der Waals surface area (Å²) in [5, 5.41) is 11.4. The van der Waals surface area contributed by atoms with Crippen molar-refractivity contribution in [2.45, 2.75) is 84.0 Å². The van der Waals surface area contributed by atoms with E-state index >= 15 is 0 Å². The lowest BCUT2D eigenvalue weighted by Gasteiger charge is -2.14. The van der Waals surface area contributed by atoms with Gasteiger partial charge in [0.25, 0.3) is 0 Å². The average molecular weight is 320 g/mol. The van der Waals surface area contributed by atoms with E-state index in [1.54, 1.807) is 0 Å². The van der Waals surface area contributed by atoms with Crippen LogP contribution in [0, 0.1) is 0 Å². The van der Waals surface area contributed by atoms with Crippen LogP contribution in [0.15, 0.2) is 30.3 Å². The molecule has 0 aliphatic heterocycles. The number of hydrogen-bond acceptors (Lipinski definition) is 2. The highest BCUT2D eigenvalue weighted by Gasteiger charge is 2.01. The normalized spacial score (nSPS) is 11.3. The van der Waals surface area contributed by atoms with Crippen molar-refractivity contribution in [3.63, 3.8) is 0 Å². The Hall–Kier alpha value is -0.860. The molecule has 0 saturated heterocycles. The smallest absolute Gasteiger partial charge is 0.0278 e. The van der Waals surface area contributed by atoms with Crippen LogP contribution in [0.5, 0.6) is 0 Å². The molecular weight excluding hydrogens is 282 g/mol. The van der Waals surface area contributed by atoms with Crippen LogP contribution in [0.2, 0.25) is 0 Å². The Labute approximate surface area is 143 Å². The van der Waals surface area contributed by atoms with Crippen LogP contribution in [0.4, 0.5) is 0 Å². The number of rotatable bonds is 15. The van der Waals surface area contributed by atoms with Gasteiger partial charge in [0.15, 0.2) is 0 Å². The van der Waals surface area contributed by atoms with E-state index < -0.39 is 0 Å². The van der Waals surface area contributed by atoms with Gasteiger partial charge in [-0.15, -0.1) is 0 Å². The molecule has 1 aromatic carbocycles. The van der Waals surface area contributed by atoms with Crippen LogP contribution in [0.1, 0.15) is 83.1 Å². The summed E-state index contributed by atoms with van der Waals surface area (Å²) in [6, 6.07) is 10.4. The molecule has 1 aromatic rings. The van der Waals surface area contributed by atoms with E-state index in [1.807, 2.05) is 6.07 Å². The molecule has 0 bridgehead atoms. The third kappa shape index (κ3) is 12.3. The molecule has 2 nitrogen and oxygen atoms in total. The van der Waals surface area contributed by atoms with Gasteiger partial charge in [-0.25, -0.2) is 0 Å². The minimum atomic E-state index is 0.738. The highest BCUT2D eigenvalue weighted by Crippen LogP contribution is 2.11. The molecule has 0 radical (unpaired) electrons. The zero-order valence-corrected chi connectivity index (χ0v) is 15.2. The number of unbranched alkanes of at least 4 members (excludes halogenated alkanes) is 10. The molecule has 0 fully saturated rings. The Kier molecular flexibility index (Phi) is 12.9. The first-order valence-electron chi connectivity index (χ1n) is 9.80. The number of hydrogen-bond donors (Lipinski definition) is 1. The van der Waals surface area contributed by atoms with Gasteiger partial charge < -0.3 is 5.21 Å². The van der Waals surface area contributed by atoms with Crippen LogP contribution in [0.3, 0.4) is 0 Å². The lowest BCUT2D eigenvalue weighted by atomic mass is 10.1. The molecule has 0 spiro atoms. The predicted octanol–water partition coefficient (Wildman–Crippen LogP) is 6.23. The summed E-state index contributed by atoms with van der Waals surface area (Å²) < 4.78 is 0. The van der Waals surface area contributed by atoms with Crippen LogP contribution >= 0.6 is 0 Å². The quantitative estimate of drug-likeness (QED) is 0.306. The first kappa shape index (κ1) is 20.2. The molecule has 0 heterocycles. The van der Waals surface area contributed by atoms with Gasteiger partial charge >= 0.3 is 0 Å². The van der Waals surface area contributed by atoms with Gasteiger partial charge in [-0.3, -0.25) is 0 Å². The van der Waals surface area contributed by atoms with Gasteiger partial charge in [0.2, 0.25) is 0 Å². The summed E-state index contributed by atoms with van der Waals surface area (Å²) in [6.07, 6.45) is 15.8. The maximum atomic E-state index is 9.89. The van der Waals surface area contributed by atoms with E-state index in [1.165, 1.54) is 74.8 Å². The molecule has 132 valence electrons. The van der Waals surface area contributed by atoms with Crippen molar-refractivity contribution in [3.8, 4) is 0 Å². The van der Waals surface area contributed by atoms with Crippen LogP contribution in [-0.4, -0.2) is 23.4 Å². The van der Waals surface area contributed by atoms with Gasteiger partial charge in [0.1, 0.15) is 0 Å². The molecule has 0 atom stereocenters. The van der Waals surface area contributed by atoms with E-state index in [4.69, 9.17) is 0 Å². The van der Waals surface area contributed by atoms with Gasteiger partial charge in [-0.1, -0.05) is 101 Å². The van der Waals surface area contributed by atoms with Crippen LogP contribution in [0.25, 0.3) is 0 Å². The Morgan fingerprint density at radius 3 is 1.78 bits per heavy atom. The molecule has 23 heavy (non-hydrogen) atoms. The van der Waals surface area contributed by atoms with Crippen molar-refractivity contribution in [1.29, 1.82) is 0 Å². The first-order chi connectivity index (χ1) is 11.3. The predicted molar refractivity (Wildman–Crippen MR) is 100.0 cm³/mol. The van der Waals surface area contributed by atoms with Gasteiger partial charge in [0, 0.05) is 13.1 Å². The summed E-state index contributed by atoms with van der Waals surface area (Å²) in [5.74, 6) is 0. The number of hydroxylamine groups is 2. The van der Waals surface area contributed by atoms with Gasteiger partial charge in [-0.05, 0) is 18.4 Å². The molecule has 0 aliphatic carbocycles. The largest absolute Gasteiger partial charge is 0.314 e. The second-order valence-electron chi connectivity index (χ2n) is 6.72. The lowest BCUT2D eigenvalue weighted by Crippen LogP contribution is -2.23. The zero-order valence-electron chi connectivity index (χ0n) is 15.2. The minimum Gasteiger partial charge on any atom is -0.314 e. The fraction of sp³-hybridized carbons (Fsp3) is 0.714. The average Bonchev–Trinajstić information content (AvgIpc) is 2.59. The standard InChI is InChI=1S/C21H37NO/c1-2-3-4-5-6-7-8-9-10-11-15-19-22(23)20-18-21-16-13-12-14-17-21/h12-14,16-17,23H,2-11,15,18-20H2,1H3. The number of benzene rings is 1. The van der Waals surface area contributed by atoms with E-state index in [9.17, 15) is 5.21 Å². The summed E-state index contributed by atoms with van der Waals surface area (Å²) >= 11 is 0. The molecule has 2 heteroatoms. The third-order valence-corrected chi connectivity index (χ3v) is 4.52. The van der Waals surface area contributed by atoms with Crippen molar-refractivity contribution < 1.29 is 5.21 Å². The van der Waals surface area contributed by atoms with Crippen molar-refractivity contribution in [3.05, 3.63) is 35.9 Å². The fourth-order valence-corrected chi connectivity index (χ4v) is 2.97. The van der Waals surface area contributed by atoms with E-state index in [2.05, 4.69) is 31.2 Å². The molecule has 0 aromatic heterocycles. The second-order valence-corrected chi connectivity index (χ2v) is 6.72. The van der Waals surface area contributed by atoms with E-state index in [0.29, 0.717) is 0 Å². The molecule has 1 N–H and O–H groups in total. The summed E-state index contributed by atoms with van der Waals surface area (Å²) in [7, 11) is 0. The summed E-state index contributed by atoms with van der Waals surface area (Å²) in [4.78, 5) is 0. The molecule has 0 saturated carbocycles. The highest BCUT2D eigenvalue weighted by atomic mass is 16.5. The van der Waals surface area contributed by atoms with E-state index in [0.717, 1.165) is 25.9 Å². The van der Waals surface area contributed by atoms with Gasteiger partial charge in [0.05, 0.1) is 0 Å². The molecular formula is C21H37NO. The maximum Gasteiger partial charge on any atom is 0.0278 e. The van der Waals surface area contributed by atoms with Gasteiger partial charge in [-0.2, -0.15) is 5.06 Å². The maximum absolute atomic E-state index is 9.89. The fourth-order valence-electron chi connectivity index (χ4n) is 2.97. The third-order valence-electron chi connectivity index (χ3n) is 4.52. The monoisotopic (exact) mass is 319 g/mol. The van der Waals surface area contributed by atoms with Crippen molar-refractivity contribution in [1.82, 2.24) is 5.06 Å². The first-order valence-corrected chi connectivity index (χ1v) is 9.80. The molecule has 0 unspecified atom stereocenters. The molecule has 0 aliphatic rings. The second kappa shape index (κ2) is 14.7. The van der Waals surface area contributed by atoms with Crippen LogP contribution in [-0.2, 0) is 6.42 Å². The molecule has 1 rings (SSSR count). The SMILES string of the molecule is CCCCCCCCCCCCCN(O)CCc1ccccc1. The Bertz CT molecular complexity index is 352. The lowest BCUT2D eigenvalue weighted by molar-refractivity contribution is -0.0905. The van der Waals surface area contributed by atoms with Crippen LogP contribution < -0.4 is 0 Å². The Balaban J connectivity index is 1.83. The Morgan fingerprint density at radius 2 is 1.22 bits per heavy atom. The zero-order chi connectivity index (χ0) is 16.6. The van der Waals surface area contributed by atoms with Crippen molar-refractivity contribution in [2.24, 2.45) is 0 Å². The Morgan fingerprint density at radius 1 is 0.696 bits per heavy atom. The van der Waals surface area contributed by atoms with Crippen molar-refractivity contribution in [2.75, 3.05) is 13.1 Å². The minimum absolute atomic E-state index is 0.738. The topological polar surface area (TPSA) is 23.5 Å². The summed E-state index contributed by atoms with van der Waals surface area (Å²) in [6.45, 7) is 3.82. The highest BCUT2D eigenvalue weighted by molar-refractivity contribution is 5.14. The number of nitrogens with zero attached hydrogens (tertiary/aromatic N) is 1. The summed E-state index contributed by atoms with van der Waals surface area (Å²) in [5.41, 5.74) is 1.30. The molecule has 0 amide bonds. The van der Waals surface area contributed by atoms with Crippen molar-refractivity contribution >= 4 is 0 Å². The van der Waals surface area contributed by atoms with E-state index in [-0.39, 0.29) is 0 Å².